The van der Waals surface area contributed by atoms with E-state index < -0.39 is 0 Å². The Bertz CT molecular complexity index is 2530. The lowest BCUT2D eigenvalue weighted by Crippen LogP contribution is -1.89. The van der Waals surface area contributed by atoms with E-state index >= 15 is 0 Å². The molecular weight excluding hydrogens is 595 g/mol. The summed E-state index contributed by atoms with van der Waals surface area (Å²) in [6, 6.07) is 56.7. The molecule has 0 radical (unpaired) electrons. The normalized spacial score (nSPS) is 11.5. The standard InChI is InChI=1S/C43H25NS2/c44-26-29-10-1-2-13-33(29)28-12-7-11-27(22-28)30-23-31(34-16-8-20-40-42(34)36-14-3-5-18-38(36)45-40)25-32(24-30)35-17-9-21-41-43(35)37-15-4-6-19-39(37)46-41/h1-25H. The van der Waals surface area contributed by atoms with Gasteiger partial charge in [0.1, 0.15) is 0 Å². The molecule has 0 bridgehead atoms. The van der Waals surface area contributed by atoms with Crippen LogP contribution in [-0.4, -0.2) is 0 Å². The molecular formula is C43H25NS2. The summed E-state index contributed by atoms with van der Waals surface area (Å²) in [5.74, 6) is 0. The van der Waals surface area contributed by atoms with Crippen molar-refractivity contribution in [1.29, 1.82) is 5.26 Å². The van der Waals surface area contributed by atoms with E-state index in [0.717, 1.165) is 22.3 Å². The van der Waals surface area contributed by atoms with Crippen molar-refractivity contribution in [1.82, 2.24) is 0 Å². The Balaban J connectivity index is 1.33. The second-order valence-corrected chi connectivity index (χ2v) is 13.8. The molecule has 0 fully saturated rings. The van der Waals surface area contributed by atoms with Crippen LogP contribution in [0.2, 0.25) is 0 Å². The first-order chi connectivity index (χ1) is 22.7. The van der Waals surface area contributed by atoms with Crippen LogP contribution in [0, 0.1) is 11.3 Å². The van der Waals surface area contributed by atoms with Gasteiger partial charge in [0.25, 0.3) is 0 Å². The number of hydrogen-bond donors (Lipinski definition) is 0. The van der Waals surface area contributed by atoms with Gasteiger partial charge in [0.15, 0.2) is 0 Å². The second kappa shape index (κ2) is 10.8. The van der Waals surface area contributed by atoms with E-state index in [1.807, 2.05) is 46.9 Å². The van der Waals surface area contributed by atoms with Gasteiger partial charge in [0.05, 0.1) is 11.6 Å². The number of fused-ring (bicyclic) bond motifs is 6. The van der Waals surface area contributed by atoms with Gasteiger partial charge in [-0.2, -0.15) is 5.26 Å². The Morgan fingerprint density at radius 1 is 0.370 bits per heavy atom. The van der Waals surface area contributed by atoms with Crippen molar-refractivity contribution in [2.24, 2.45) is 0 Å². The highest BCUT2D eigenvalue weighted by Crippen LogP contribution is 2.45. The fraction of sp³-hybridized carbons (Fsp3) is 0. The predicted molar refractivity (Wildman–Crippen MR) is 199 cm³/mol. The molecule has 0 unspecified atom stereocenters. The van der Waals surface area contributed by atoms with Crippen LogP contribution in [0.1, 0.15) is 5.56 Å². The maximum Gasteiger partial charge on any atom is 0.0998 e. The third-order valence-electron chi connectivity index (χ3n) is 8.91. The molecule has 0 saturated heterocycles. The van der Waals surface area contributed by atoms with Gasteiger partial charge >= 0.3 is 0 Å². The third-order valence-corrected chi connectivity index (χ3v) is 11.2. The number of thiophene rings is 2. The molecule has 9 aromatic rings. The highest BCUT2D eigenvalue weighted by molar-refractivity contribution is 7.26. The van der Waals surface area contributed by atoms with Crippen LogP contribution >= 0.6 is 22.7 Å². The van der Waals surface area contributed by atoms with E-state index in [1.54, 1.807) is 0 Å². The molecule has 2 aromatic heterocycles. The lowest BCUT2D eigenvalue weighted by atomic mass is 9.89. The molecule has 0 aliphatic rings. The van der Waals surface area contributed by atoms with E-state index in [2.05, 4.69) is 133 Å². The molecule has 0 aliphatic carbocycles. The molecule has 46 heavy (non-hydrogen) atoms. The highest BCUT2D eigenvalue weighted by atomic mass is 32.1. The summed E-state index contributed by atoms with van der Waals surface area (Å²) in [6.07, 6.45) is 0. The number of nitriles is 1. The zero-order valence-corrected chi connectivity index (χ0v) is 26.3. The molecule has 0 N–H and O–H groups in total. The zero-order chi connectivity index (χ0) is 30.6. The maximum absolute atomic E-state index is 9.83. The van der Waals surface area contributed by atoms with Gasteiger partial charge in [-0.05, 0) is 99.1 Å². The van der Waals surface area contributed by atoms with Crippen molar-refractivity contribution >= 4 is 63.0 Å². The molecule has 214 valence electrons. The van der Waals surface area contributed by atoms with Crippen molar-refractivity contribution in [3.8, 4) is 50.6 Å². The Kier molecular flexibility index (Phi) is 6.31. The number of nitrogens with zero attached hydrogens (tertiary/aromatic N) is 1. The van der Waals surface area contributed by atoms with Crippen molar-refractivity contribution in [3.63, 3.8) is 0 Å². The van der Waals surface area contributed by atoms with Gasteiger partial charge in [0.2, 0.25) is 0 Å². The van der Waals surface area contributed by atoms with Crippen LogP contribution in [0.4, 0.5) is 0 Å². The van der Waals surface area contributed by atoms with E-state index in [4.69, 9.17) is 0 Å². The summed E-state index contributed by atoms with van der Waals surface area (Å²) in [4.78, 5) is 0. The summed E-state index contributed by atoms with van der Waals surface area (Å²) >= 11 is 3.71. The van der Waals surface area contributed by atoms with Gasteiger partial charge in [-0.1, -0.05) is 97.1 Å². The fourth-order valence-electron chi connectivity index (χ4n) is 6.83. The summed E-state index contributed by atoms with van der Waals surface area (Å²) < 4.78 is 5.21. The first-order valence-electron chi connectivity index (χ1n) is 15.3. The minimum absolute atomic E-state index is 0.682. The fourth-order valence-corrected chi connectivity index (χ4v) is 9.10. The Hall–Kier alpha value is -5.53. The van der Waals surface area contributed by atoms with Crippen LogP contribution in [0.25, 0.3) is 84.9 Å². The summed E-state index contributed by atoms with van der Waals surface area (Å²) in [6.45, 7) is 0. The predicted octanol–water partition coefficient (Wildman–Crippen LogP) is 13.0. The Morgan fingerprint density at radius 3 is 1.46 bits per heavy atom. The summed E-state index contributed by atoms with van der Waals surface area (Å²) in [7, 11) is 0. The Morgan fingerprint density at radius 2 is 0.826 bits per heavy atom. The lowest BCUT2D eigenvalue weighted by Gasteiger charge is -2.14. The molecule has 3 heteroatoms. The highest BCUT2D eigenvalue weighted by Gasteiger charge is 2.16. The van der Waals surface area contributed by atoms with E-state index in [1.165, 1.54) is 62.6 Å². The van der Waals surface area contributed by atoms with E-state index in [9.17, 15) is 5.26 Å². The molecule has 7 aromatic carbocycles. The van der Waals surface area contributed by atoms with Gasteiger partial charge in [0, 0.05) is 40.3 Å². The minimum atomic E-state index is 0.682. The number of benzene rings is 7. The first-order valence-corrected chi connectivity index (χ1v) is 16.9. The maximum atomic E-state index is 9.83. The van der Waals surface area contributed by atoms with E-state index in [0.29, 0.717) is 5.56 Å². The van der Waals surface area contributed by atoms with Crippen LogP contribution in [0.3, 0.4) is 0 Å². The SMILES string of the molecule is N#Cc1ccccc1-c1cccc(-c2cc(-c3cccc4sc5ccccc5c34)cc(-c3cccc4sc5ccccc5c34)c2)c1. The summed E-state index contributed by atoms with van der Waals surface area (Å²) in [5.41, 5.74) is 9.82. The number of hydrogen-bond acceptors (Lipinski definition) is 3. The number of rotatable bonds is 4. The van der Waals surface area contributed by atoms with Crippen LogP contribution in [0.15, 0.2) is 152 Å². The smallest absolute Gasteiger partial charge is 0.0998 e. The third kappa shape index (κ3) is 4.35. The topological polar surface area (TPSA) is 23.8 Å². The average Bonchev–Trinajstić information content (AvgIpc) is 3.70. The lowest BCUT2D eigenvalue weighted by molar-refractivity contribution is 1.48. The van der Waals surface area contributed by atoms with E-state index in [-0.39, 0.29) is 0 Å². The molecule has 1 nitrogen and oxygen atoms in total. The average molecular weight is 620 g/mol. The van der Waals surface area contributed by atoms with Crippen molar-refractivity contribution in [2.75, 3.05) is 0 Å². The molecule has 9 rings (SSSR count). The van der Waals surface area contributed by atoms with Crippen LogP contribution in [0.5, 0.6) is 0 Å². The van der Waals surface area contributed by atoms with Crippen molar-refractivity contribution in [2.45, 2.75) is 0 Å². The van der Waals surface area contributed by atoms with Gasteiger partial charge in [-0.3, -0.25) is 0 Å². The summed E-state index contributed by atoms with van der Waals surface area (Å²) in [5, 5.41) is 15.0. The van der Waals surface area contributed by atoms with Gasteiger partial charge in [-0.25, -0.2) is 0 Å². The quantitative estimate of drug-likeness (QED) is 0.192. The van der Waals surface area contributed by atoms with Crippen molar-refractivity contribution < 1.29 is 0 Å². The van der Waals surface area contributed by atoms with Crippen molar-refractivity contribution in [3.05, 3.63) is 157 Å². The zero-order valence-electron chi connectivity index (χ0n) is 24.7. The largest absolute Gasteiger partial charge is 0.192 e. The second-order valence-electron chi connectivity index (χ2n) is 11.6. The molecule has 0 amide bonds. The molecule has 0 saturated carbocycles. The Labute approximate surface area is 274 Å². The van der Waals surface area contributed by atoms with Crippen LogP contribution in [-0.2, 0) is 0 Å². The molecule has 2 heterocycles. The van der Waals surface area contributed by atoms with Gasteiger partial charge in [-0.15, -0.1) is 22.7 Å². The minimum Gasteiger partial charge on any atom is -0.192 e. The first kappa shape index (κ1) is 26.8. The molecule has 0 aliphatic heterocycles. The monoisotopic (exact) mass is 619 g/mol. The molecule has 0 atom stereocenters. The van der Waals surface area contributed by atoms with Crippen LogP contribution < -0.4 is 0 Å². The molecule has 0 spiro atoms. The van der Waals surface area contributed by atoms with Gasteiger partial charge < -0.3 is 0 Å².